The van der Waals surface area contributed by atoms with E-state index in [1.165, 1.54) is 7.11 Å². The van der Waals surface area contributed by atoms with Crippen LogP contribution in [0.4, 0.5) is 0 Å². The van der Waals surface area contributed by atoms with Gasteiger partial charge in [0.2, 0.25) is 0 Å². The van der Waals surface area contributed by atoms with Crippen LogP contribution in [0, 0.1) is 0 Å². The van der Waals surface area contributed by atoms with Gasteiger partial charge in [0.25, 0.3) is 0 Å². The molecule has 0 radical (unpaired) electrons. The summed E-state index contributed by atoms with van der Waals surface area (Å²) in [5.41, 5.74) is 13.5. The first kappa shape index (κ1) is 15.7. The first-order valence-electron chi connectivity index (χ1n) is 8.59. The molecule has 0 fully saturated rings. The Morgan fingerprint density at radius 1 is 1.11 bits per heavy atom. The number of fused-ring (bicyclic) bond motifs is 4. The zero-order valence-corrected chi connectivity index (χ0v) is 14.6. The van der Waals surface area contributed by atoms with Crippen molar-refractivity contribution in [2.75, 3.05) is 7.11 Å². The molecule has 132 valence electrons. The number of H-pyrrole nitrogens is 1. The van der Waals surface area contributed by atoms with Crippen molar-refractivity contribution in [1.82, 2.24) is 15.0 Å². The Kier molecular flexibility index (Phi) is 3.35. The summed E-state index contributed by atoms with van der Waals surface area (Å²) in [6.45, 7) is 0. The third-order valence-electron chi connectivity index (χ3n) is 5.01. The molecule has 6 heteroatoms. The van der Waals surface area contributed by atoms with Gasteiger partial charge in [-0.15, -0.1) is 0 Å². The maximum atomic E-state index is 11.7. The smallest absolute Gasteiger partial charge is 0.356 e. The van der Waals surface area contributed by atoms with Crippen LogP contribution in [0.15, 0.2) is 54.7 Å². The molecule has 27 heavy (non-hydrogen) atoms. The van der Waals surface area contributed by atoms with Crippen LogP contribution in [0.5, 0.6) is 0 Å². The molecule has 2 aromatic carbocycles. The number of ether oxygens (including phenoxy) is 1. The van der Waals surface area contributed by atoms with Gasteiger partial charge in [-0.3, -0.25) is 0 Å². The second-order valence-electron chi connectivity index (χ2n) is 6.50. The molecule has 5 rings (SSSR count). The minimum absolute atomic E-state index is 0.145. The van der Waals surface area contributed by atoms with Gasteiger partial charge in [-0.05, 0) is 28.3 Å². The van der Waals surface area contributed by atoms with Crippen molar-refractivity contribution in [2.45, 2.75) is 6.04 Å². The minimum Gasteiger partial charge on any atom is -0.464 e. The SMILES string of the molecule is COC(=O)c1cc2nc(-c3cccc4c3-c3ccccc3C4N)[nH]c2cn1. The summed E-state index contributed by atoms with van der Waals surface area (Å²) in [5.74, 6) is 0.233. The maximum absolute atomic E-state index is 11.7. The highest BCUT2D eigenvalue weighted by Gasteiger charge is 2.28. The lowest BCUT2D eigenvalue weighted by Gasteiger charge is -2.08. The number of nitrogens with two attached hydrogens (primary N) is 1. The molecule has 1 aliphatic rings. The van der Waals surface area contributed by atoms with Gasteiger partial charge < -0.3 is 15.5 Å². The fraction of sp³-hybridized carbons (Fsp3) is 0.0952. The number of esters is 1. The van der Waals surface area contributed by atoms with Crippen molar-refractivity contribution >= 4 is 17.0 Å². The molecule has 0 amide bonds. The molecule has 0 saturated carbocycles. The molecule has 2 heterocycles. The first-order valence-corrected chi connectivity index (χ1v) is 8.59. The normalized spacial score (nSPS) is 14.8. The number of nitrogens with one attached hydrogen (secondary N) is 1. The Morgan fingerprint density at radius 2 is 1.89 bits per heavy atom. The van der Waals surface area contributed by atoms with Crippen LogP contribution in [-0.2, 0) is 4.74 Å². The second-order valence-corrected chi connectivity index (χ2v) is 6.50. The number of carbonyl (C=O) groups is 1. The second kappa shape index (κ2) is 5.75. The van der Waals surface area contributed by atoms with E-state index in [1.807, 2.05) is 24.3 Å². The highest BCUT2D eigenvalue weighted by atomic mass is 16.5. The molecule has 0 spiro atoms. The van der Waals surface area contributed by atoms with Crippen LogP contribution >= 0.6 is 0 Å². The van der Waals surface area contributed by atoms with E-state index in [9.17, 15) is 4.79 Å². The van der Waals surface area contributed by atoms with E-state index >= 15 is 0 Å². The Labute approximate surface area is 155 Å². The average Bonchev–Trinajstić information content (AvgIpc) is 3.27. The van der Waals surface area contributed by atoms with Crippen molar-refractivity contribution < 1.29 is 9.53 Å². The number of pyridine rings is 1. The maximum Gasteiger partial charge on any atom is 0.356 e. The summed E-state index contributed by atoms with van der Waals surface area (Å²) in [6, 6.07) is 15.7. The first-order chi connectivity index (χ1) is 13.2. The van der Waals surface area contributed by atoms with Gasteiger partial charge >= 0.3 is 5.97 Å². The lowest BCUT2D eigenvalue weighted by molar-refractivity contribution is 0.0594. The van der Waals surface area contributed by atoms with E-state index in [4.69, 9.17) is 15.5 Å². The van der Waals surface area contributed by atoms with Crippen molar-refractivity contribution in [2.24, 2.45) is 5.73 Å². The summed E-state index contributed by atoms with van der Waals surface area (Å²) in [7, 11) is 1.33. The number of imidazole rings is 1. The number of hydrogen-bond donors (Lipinski definition) is 2. The molecule has 1 unspecified atom stereocenters. The van der Waals surface area contributed by atoms with Gasteiger partial charge in [0, 0.05) is 5.56 Å². The molecule has 4 aromatic rings. The van der Waals surface area contributed by atoms with Gasteiger partial charge in [-0.1, -0.05) is 42.5 Å². The van der Waals surface area contributed by atoms with E-state index in [0.29, 0.717) is 5.52 Å². The molecular weight excluding hydrogens is 340 g/mol. The van der Waals surface area contributed by atoms with E-state index < -0.39 is 5.97 Å². The van der Waals surface area contributed by atoms with Crippen LogP contribution in [0.1, 0.15) is 27.7 Å². The minimum atomic E-state index is -0.484. The molecule has 0 aliphatic heterocycles. The third kappa shape index (κ3) is 2.27. The fourth-order valence-electron chi connectivity index (χ4n) is 3.74. The van der Waals surface area contributed by atoms with Gasteiger partial charge in [-0.25, -0.2) is 14.8 Å². The molecule has 0 bridgehead atoms. The monoisotopic (exact) mass is 356 g/mol. The standard InChI is InChI=1S/C21H16N4O2/c1-27-21(26)16-9-15-17(10-23-16)25-20(24-15)14-8-4-7-13-18(14)11-5-2-3-6-12(11)19(13)22/h2-10,19H,22H2,1H3,(H,24,25). The van der Waals surface area contributed by atoms with Crippen LogP contribution in [-0.4, -0.2) is 28.0 Å². The molecule has 3 N–H and O–H groups in total. The number of aromatic nitrogens is 3. The quantitative estimate of drug-likeness (QED) is 0.537. The highest BCUT2D eigenvalue weighted by molar-refractivity contribution is 5.94. The summed E-state index contributed by atoms with van der Waals surface area (Å²) >= 11 is 0. The lowest BCUT2D eigenvalue weighted by Crippen LogP contribution is -2.07. The summed E-state index contributed by atoms with van der Waals surface area (Å²) in [6.07, 6.45) is 1.60. The molecule has 1 aliphatic carbocycles. The average molecular weight is 356 g/mol. The molecule has 2 aromatic heterocycles. The summed E-state index contributed by atoms with van der Waals surface area (Å²) < 4.78 is 4.73. The fourth-order valence-corrected chi connectivity index (χ4v) is 3.74. The zero-order valence-electron chi connectivity index (χ0n) is 14.6. The van der Waals surface area contributed by atoms with Crippen LogP contribution in [0.2, 0.25) is 0 Å². The van der Waals surface area contributed by atoms with E-state index in [1.54, 1.807) is 12.3 Å². The van der Waals surface area contributed by atoms with Crippen molar-refractivity contribution in [3.63, 3.8) is 0 Å². The lowest BCUT2D eigenvalue weighted by atomic mass is 9.99. The van der Waals surface area contributed by atoms with Crippen molar-refractivity contribution in [3.8, 4) is 22.5 Å². The van der Waals surface area contributed by atoms with Gasteiger partial charge in [0.05, 0.1) is 30.4 Å². The van der Waals surface area contributed by atoms with E-state index in [-0.39, 0.29) is 11.7 Å². The van der Waals surface area contributed by atoms with Gasteiger partial charge in [-0.2, -0.15) is 0 Å². The number of carbonyl (C=O) groups excluding carboxylic acids is 1. The summed E-state index contributed by atoms with van der Waals surface area (Å²) in [4.78, 5) is 23.9. The number of rotatable bonds is 2. The third-order valence-corrected chi connectivity index (χ3v) is 5.01. The number of benzene rings is 2. The number of aromatic amines is 1. The predicted molar refractivity (Wildman–Crippen MR) is 102 cm³/mol. The number of methoxy groups -OCH3 is 1. The Balaban J connectivity index is 1.71. The Bertz CT molecular complexity index is 1210. The predicted octanol–water partition coefficient (Wildman–Crippen LogP) is 3.44. The topological polar surface area (TPSA) is 93.9 Å². The van der Waals surface area contributed by atoms with Crippen LogP contribution in [0.3, 0.4) is 0 Å². The van der Waals surface area contributed by atoms with E-state index in [0.717, 1.165) is 39.2 Å². The Morgan fingerprint density at radius 3 is 2.74 bits per heavy atom. The molecule has 1 atom stereocenters. The largest absolute Gasteiger partial charge is 0.464 e. The van der Waals surface area contributed by atoms with Gasteiger partial charge in [0.1, 0.15) is 5.82 Å². The number of hydrogen-bond acceptors (Lipinski definition) is 5. The zero-order chi connectivity index (χ0) is 18.5. The summed E-state index contributed by atoms with van der Waals surface area (Å²) in [5, 5.41) is 0. The van der Waals surface area contributed by atoms with Crippen molar-refractivity contribution in [1.29, 1.82) is 0 Å². The van der Waals surface area contributed by atoms with Gasteiger partial charge in [0.15, 0.2) is 5.69 Å². The van der Waals surface area contributed by atoms with E-state index in [2.05, 4.69) is 28.2 Å². The Hall–Kier alpha value is -3.51. The number of nitrogens with zero attached hydrogens (tertiary/aromatic N) is 2. The van der Waals surface area contributed by atoms with Crippen molar-refractivity contribution in [3.05, 3.63) is 71.5 Å². The highest BCUT2D eigenvalue weighted by Crippen LogP contribution is 2.46. The molecule has 0 saturated heterocycles. The van der Waals surface area contributed by atoms with Crippen LogP contribution in [0.25, 0.3) is 33.5 Å². The molecular formula is C21H16N4O2. The van der Waals surface area contributed by atoms with Crippen LogP contribution < -0.4 is 5.73 Å². The molecule has 6 nitrogen and oxygen atoms in total.